The summed E-state index contributed by atoms with van der Waals surface area (Å²) in [4.78, 5) is 19.7. The van der Waals surface area contributed by atoms with Crippen molar-refractivity contribution in [3.63, 3.8) is 0 Å². The number of carbonyl (C=O) groups is 1. The molecule has 5 rings (SSSR count). The number of anilines is 2. The molecule has 0 unspecified atom stereocenters. The number of ether oxygens (including phenoxy) is 2. The van der Waals surface area contributed by atoms with Crippen molar-refractivity contribution < 1.29 is 14.3 Å². The van der Waals surface area contributed by atoms with Crippen LogP contribution in [0.3, 0.4) is 0 Å². The maximum Gasteiger partial charge on any atom is 0.276 e. The molecule has 2 aromatic carbocycles. The lowest BCUT2D eigenvalue weighted by Crippen LogP contribution is -2.19. The average molecular weight is 429 g/mol. The zero-order valence-corrected chi connectivity index (χ0v) is 17.9. The molecule has 0 aliphatic carbocycles. The van der Waals surface area contributed by atoms with Gasteiger partial charge < -0.3 is 19.7 Å². The van der Waals surface area contributed by atoms with Gasteiger partial charge in [-0.05, 0) is 24.6 Å². The van der Waals surface area contributed by atoms with E-state index >= 15 is 0 Å². The predicted octanol–water partition coefficient (Wildman–Crippen LogP) is 3.70. The van der Waals surface area contributed by atoms with Crippen LogP contribution in [0.2, 0.25) is 0 Å². The topological polar surface area (TPSA) is 81.0 Å². The Balaban J connectivity index is 1.41. The first kappa shape index (κ1) is 19.9. The lowest BCUT2D eigenvalue weighted by molar-refractivity contribution is 0.102. The third-order valence-corrected chi connectivity index (χ3v) is 5.21. The van der Waals surface area contributed by atoms with Crippen molar-refractivity contribution in [2.24, 2.45) is 0 Å². The molecule has 32 heavy (non-hydrogen) atoms. The molecule has 2 aromatic heterocycles. The van der Waals surface area contributed by atoms with Crippen molar-refractivity contribution >= 4 is 22.9 Å². The number of nitrogens with zero attached hydrogens (tertiary/aromatic N) is 4. The molecule has 1 N–H and O–H groups in total. The molecular weight excluding hydrogens is 406 g/mol. The summed E-state index contributed by atoms with van der Waals surface area (Å²) in [6.07, 6.45) is 1.82. The van der Waals surface area contributed by atoms with E-state index in [0.717, 1.165) is 17.0 Å². The Morgan fingerprint density at radius 2 is 1.88 bits per heavy atom. The highest BCUT2D eigenvalue weighted by Gasteiger charge is 2.18. The van der Waals surface area contributed by atoms with Gasteiger partial charge in [0.15, 0.2) is 23.0 Å². The van der Waals surface area contributed by atoms with Gasteiger partial charge in [0.05, 0.1) is 11.9 Å². The molecule has 0 radical (unpaired) electrons. The fraction of sp³-hybridized carbons (Fsp3) is 0.208. The van der Waals surface area contributed by atoms with Crippen LogP contribution in [-0.2, 0) is 6.54 Å². The van der Waals surface area contributed by atoms with E-state index in [1.54, 1.807) is 28.8 Å². The van der Waals surface area contributed by atoms with Gasteiger partial charge in [0.25, 0.3) is 5.91 Å². The highest BCUT2D eigenvalue weighted by Crippen LogP contribution is 2.32. The van der Waals surface area contributed by atoms with E-state index in [9.17, 15) is 4.79 Å². The molecule has 0 fully saturated rings. The molecule has 3 heterocycles. The number of rotatable bonds is 5. The van der Waals surface area contributed by atoms with Crippen molar-refractivity contribution in [1.29, 1.82) is 0 Å². The minimum Gasteiger partial charge on any atom is -0.486 e. The molecule has 1 amide bonds. The molecule has 0 spiro atoms. The van der Waals surface area contributed by atoms with Crippen LogP contribution in [0, 0.1) is 6.92 Å². The van der Waals surface area contributed by atoms with E-state index in [-0.39, 0.29) is 5.91 Å². The Hall–Kier alpha value is -4.07. The normalized spacial score (nSPS) is 12.6. The predicted molar refractivity (Wildman–Crippen MR) is 122 cm³/mol. The molecule has 8 heteroatoms. The summed E-state index contributed by atoms with van der Waals surface area (Å²) in [6, 6.07) is 17.3. The Bertz CT molecular complexity index is 1290. The molecule has 0 saturated carbocycles. The van der Waals surface area contributed by atoms with Crippen molar-refractivity contribution in [2.45, 2.75) is 13.5 Å². The third-order valence-electron chi connectivity index (χ3n) is 5.21. The quantitative estimate of drug-likeness (QED) is 0.521. The Morgan fingerprint density at radius 3 is 2.69 bits per heavy atom. The standard InChI is InChI=1S/C24H23N5O3/c1-16-14-29-20(23(25-16)28(2)15-17-6-4-3-5-7-17)13-19(27-29)24(30)26-18-8-9-21-22(12-18)32-11-10-31-21/h3-9,12-14H,10-11,15H2,1-2H3,(H,26,30). The molecule has 8 nitrogen and oxygen atoms in total. The van der Waals surface area contributed by atoms with Gasteiger partial charge in [0.2, 0.25) is 0 Å². The van der Waals surface area contributed by atoms with Crippen LogP contribution in [0.15, 0.2) is 60.8 Å². The van der Waals surface area contributed by atoms with Crippen LogP contribution in [0.5, 0.6) is 11.5 Å². The van der Waals surface area contributed by atoms with Crippen LogP contribution < -0.4 is 19.7 Å². The van der Waals surface area contributed by atoms with Crippen LogP contribution in [-0.4, -0.2) is 40.8 Å². The van der Waals surface area contributed by atoms with Gasteiger partial charge in [-0.1, -0.05) is 30.3 Å². The van der Waals surface area contributed by atoms with E-state index in [4.69, 9.17) is 14.5 Å². The van der Waals surface area contributed by atoms with Gasteiger partial charge in [-0.2, -0.15) is 5.10 Å². The number of benzene rings is 2. The molecule has 162 valence electrons. The summed E-state index contributed by atoms with van der Waals surface area (Å²) in [7, 11) is 1.98. The minimum atomic E-state index is -0.306. The number of aromatic nitrogens is 3. The summed E-state index contributed by atoms with van der Waals surface area (Å²) in [5, 5.41) is 7.38. The highest BCUT2D eigenvalue weighted by molar-refractivity contribution is 6.04. The lowest BCUT2D eigenvalue weighted by atomic mass is 10.2. The molecule has 0 atom stereocenters. The second kappa shape index (κ2) is 8.22. The largest absolute Gasteiger partial charge is 0.486 e. The van der Waals surface area contributed by atoms with Gasteiger partial charge >= 0.3 is 0 Å². The second-order valence-corrected chi connectivity index (χ2v) is 7.72. The Morgan fingerprint density at radius 1 is 1.09 bits per heavy atom. The van der Waals surface area contributed by atoms with Gasteiger partial charge in [-0.15, -0.1) is 0 Å². The summed E-state index contributed by atoms with van der Waals surface area (Å²) >= 11 is 0. The molecule has 1 aliphatic heterocycles. The summed E-state index contributed by atoms with van der Waals surface area (Å²) in [5.74, 6) is 1.75. The molecule has 1 aliphatic rings. The SMILES string of the molecule is Cc1cn2nc(C(=O)Nc3ccc4c(c3)OCCO4)cc2c(N(C)Cc2ccccc2)n1. The van der Waals surface area contributed by atoms with Gasteiger partial charge in [0.1, 0.15) is 18.7 Å². The summed E-state index contributed by atoms with van der Waals surface area (Å²) < 4.78 is 12.8. The molecular formula is C24H23N5O3. The van der Waals surface area contributed by atoms with E-state index in [1.807, 2.05) is 38.4 Å². The first-order valence-electron chi connectivity index (χ1n) is 10.4. The van der Waals surface area contributed by atoms with E-state index in [2.05, 4.69) is 27.4 Å². The zero-order valence-electron chi connectivity index (χ0n) is 17.9. The van der Waals surface area contributed by atoms with Gasteiger partial charge in [-0.3, -0.25) is 4.79 Å². The van der Waals surface area contributed by atoms with Crippen LogP contribution in [0.1, 0.15) is 21.7 Å². The third kappa shape index (κ3) is 3.94. The van der Waals surface area contributed by atoms with Crippen molar-refractivity contribution in [3.05, 3.63) is 77.7 Å². The smallest absolute Gasteiger partial charge is 0.276 e. The number of hydrogen-bond donors (Lipinski definition) is 1. The number of nitrogens with one attached hydrogen (secondary N) is 1. The summed E-state index contributed by atoms with van der Waals surface area (Å²) in [6.45, 7) is 3.61. The Labute approximate surface area is 185 Å². The summed E-state index contributed by atoms with van der Waals surface area (Å²) in [5.41, 5.74) is 3.68. The van der Waals surface area contributed by atoms with Crippen LogP contribution >= 0.6 is 0 Å². The molecule has 0 bridgehead atoms. The van der Waals surface area contributed by atoms with Crippen LogP contribution in [0.25, 0.3) is 5.52 Å². The maximum atomic E-state index is 12.9. The number of fused-ring (bicyclic) bond motifs is 2. The Kier molecular flexibility index (Phi) is 5.10. The van der Waals surface area contributed by atoms with Crippen molar-refractivity contribution in [2.75, 3.05) is 30.5 Å². The van der Waals surface area contributed by atoms with Gasteiger partial charge in [0, 0.05) is 31.4 Å². The number of carbonyl (C=O) groups excluding carboxylic acids is 1. The highest BCUT2D eigenvalue weighted by atomic mass is 16.6. The monoisotopic (exact) mass is 429 g/mol. The minimum absolute atomic E-state index is 0.306. The van der Waals surface area contributed by atoms with Crippen LogP contribution in [0.4, 0.5) is 11.5 Å². The van der Waals surface area contributed by atoms with Crippen molar-refractivity contribution in [1.82, 2.24) is 14.6 Å². The zero-order chi connectivity index (χ0) is 22.1. The van der Waals surface area contributed by atoms with E-state index in [1.165, 1.54) is 5.56 Å². The molecule has 0 saturated heterocycles. The maximum absolute atomic E-state index is 12.9. The number of hydrogen-bond acceptors (Lipinski definition) is 6. The number of amides is 1. The average Bonchev–Trinajstić information content (AvgIpc) is 3.23. The van der Waals surface area contributed by atoms with E-state index in [0.29, 0.717) is 42.6 Å². The number of aryl methyl sites for hydroxylation is 1. The van der Waals surface area contributed by atoms with Gasteiger partial charge in [-0.25, -0.2) is 9.50 Å². The van der Waals surface area contributed by atoms with Crippen molar-refractivity contribution in [3.8, 4) is 11.5 Å². The first-order valence-corrected chi connectivity index (χ1v) is 10.4. The fourth-order valence-corrected chi connectivity index (χ4v) is 3.73. The first-order chi connectivity index (χ1) is 15.6. The van der Waals surface area contributed by atoms with E-state index < -0.39 is 0 Å². The second-order valence-electron chi connectivity index (χ2n) is 7.72. The lowest BCUT2D eigenvalue weighted by Gasteiger charge is -2.19. The molecule has 4 aromatic rings. The fourth-order valence-electron chi connectivity index (χ4n) is 3.73.